The Kier molecular flexibility index (Phi) is 29.6. The molecule has 27 N–H and O–H groups in total. The maximum atomic E-state index is 12.8. The number of ether oxygens (including phenoxy) is 14. The largest absolute Gasteiger partial charge is 0.394 e. The van der Waals surface area contributed by atoms with Crippen molar-refractivity contribution >= 4 is 11.8 Å². The van der Waals surface area contributed by atoms with E-state index < -0.39 is 311 Å². The van der Waals surface area contributed by atoms with Crippen molar-refractivity contribution in [3.8, 4) is 0 Å². The third-order valence-corrected chi connectivity index (χ3v) is 17.1. The summed E-state index contributed by atoms with van der Waals surface area (Å²) in [5, 5.41) is 276. The molecule has 7 heterocycles. The van der Waals surface area contributed by atoms with E-state index in [1.807, 2.05) is 0 Å². The minimum Gasteiger partial charge on any atom is -0.394 e. The number of hydrogen-bond acceptors (Lipinski definition) is 41. The van der Waals surface area contributed by atoms with E-state index in [9.17, 15) is 137 Å². The Labute approximate surface area is 537 Å². The van der Waals surface area contributed by atoms with Crippen molar-refractivity contribution in [2.45, 2.75) is 253 Å². The van der Waals surface area contributed by atoms with Crippen LogP contribution in [0.25, 0.3) is 0 Å². The molecular weight excluding hydrogens is 1310 g/mol. The first-order valence-electron chi connectivity index (χ1n) is 30.1. The number of amides is 2. The molecule has 0 bridgehead atoms. The molecule has 7 rings (SSSR count). The fourth-order valence-electron chi connectivity index (χ4n) is 11.7. The van der Waals surface area contributed by atoms with Crippen LogP contribution in [0, 0.1) is 0 Å². The lowest BCUT2D eigenvalue weighted by atomic mass is 9.94. The standard InChI is InChI=1S/C52H90N2O41/c1-12(62)53-14(3-55)24(65)41(15(64)4-56)91-51-40(81)44(94-52-45(35(76)28(69)19(8-60)87-52)95-46-23(54-13(2)63)31(72)42(20(9-61)88-46)92-49-37(78)33(74)26(67)17(6-58)85-49)30(71)22(90-51)11-83-48-39(80)43(93-50-38(79)34(75)27(68)18(7-59)86-50)29(70)21(89-48)10-82-47-36(77)32(73)25(66)16(5-57)84-47/h14-52,55-61,64-81H,3-11H2,1-2H3,(H,53,62)(H,54,63)/t14-,15+,16+,17+,18+,19+,20+,21+,22+,23+,24+,25+,26-,27+,28+,29+,30+,31+,32-,33-,34-,35-,36-,37+,38-,39-,40-,41+,42+,43-,44-,45-,46-,47-,48-,49-,50+,51-,52+/m0/s1. The summed E-state index contributed by atoms with van der Waals surface area (Å²) in [5.41, 5.74) is 0. The van der Waals surface area contributed by atoms with E-state index in [0.717, 1.165) is 13.8 Å². The molecule has 7 aliphatic heterocycles. The molecule has 43 heteroatoms. The summed E-state index contributed by atoms with van der Waals surface area (Å²) in [4.78, 5) is 24.9. The molecule has 95 heavy (non-hydrogen) atoms. The van der Waals surface area contributed by atoms with Gasteiger partial charge in [0.2, 0.25) is 11.8 Å². The Bertz CT molecular complexity index is 2330. The zero-order chi connectivity index (χ0) is 70.3. The van der Waals surface area contributed by atoms with Gasteiger partial charge in [0.05, 0.1) is 65.5 Å². The normalized spacial score (nSPS) is 47.3. The van der Waals surface area contributed by atoms with E-state index in [-0.39, 0.29) is 0 Å². The molecular formula is C52H90N2O41. The van der Waals surface area contributed by atoms with Gasteiger partial charge in [0.15, 0.2) is 44.0 Å². The monoisotopic (exact) mass is 1400 g/mol. The molecule has 39 atom stereocenters. The number of hydrogen-bond donors (Lipinski definition) is 27. The SMILES string of the molecule is CC(=O)N[C@H]1[C@H](O[C@@H]2[C@@H](O[C@@H]3[C@H](O)[C@H](O[C@@H]([C@H](O)[C@H](CO)NC(C)=O)[C@H](O)CO)O[C@H](CO[C@H]4O[C@H](CO[C@H]5O[C@H](CO)[C@@H](O)[C@H](O)[C@@H]5O)[C@@H](O)[C@H](O[C@H]5O[C@H](CO)[C@@H](O)[C@H](O)[C@@H]5O)[C@@H]4O)[C@H]3O)O[C@H](CO)[C@@H](O)[C@@H]2O)O[C@H](CO)[C@@H](O[C@@H]2O[C@H](CO)[C@H](O)[C@H](O)[C@H]2O)[C@@H]1O. The van der Waals surface area contributed by atoms with Gasteiger partial charge >= 0.3 is 0 Å². The summed E-state index contributed by atoms with van der Waals surface area (Å²) in [6.45, 7) is -7.67. The Balaban J connectivity index is 1.22. The molecule has 0 aromatic heterocycles. The van der Waals surface area contributed by atoms with Crippen LogP contribution in [0.3, 0.4) is 0 Å². The van der Waals surface area contributed by atoms with Gasteiger partial charge in [0.25, 0.3) is 0 Å². The van der Waals surface area contributed by atoms with Gasteiger partial charge < -0.3 is 205 Å². The zero-order valence-corrected chi connectivity index (χ0v) is 50.6. The van der Waals surface area contributed by atoms with Crippen LogP contribution in [-0.4, -0.2) is 438 Å². The lowest BCUT2D eigenvalue weighted by Crippen LogP contribution is -2.70. The van der Waals surface area contributed by atoms with E-state index in [1.165, 1.54) is 0 Å². The van der Waals surface area contributed by atoms with Crippen molar-refractivity contribution < 1.29 is 204 Å². The minimum atomic E-state index is -2.53. The topological polar surface area (TPSA) is 693 Å². The van der Waals surface area contributed by atoms with Crippen LogP contribution in [0.1, 0.15) is 13.8 Å². The molecule has 0 aromatic carbocycles. The van der Waals surface area contributed by atoms with Crippen LogP contribution in [-0.2, 0) is 75.9 Å². The molecule has 0 aliphatic carbocycles. The van der Waals surface area contributed by atoms with Gasteiger partial charge in [-0.15, -0.1) is 0 Å². The highest BCUT2D eigenvalue weighted by Gasteiger charge is 2.59. The van der Waals surface area contributed by atoms with E-state index in [0.29, 0.717) is 0 Å². The molecule has 0 unspecified atom stereocenters. The van der Waals surface area contributed by atoms with Gasteiger partial charge in [0, 0.05) is 13.8 Å². The number of carbonyl (C=O) groups is 2. The Morgan fingerprint density at radius 1 is 0.358 bits per heavy atom. The van der Waals surface area contributed by atoms with Crippen LogP contribution >= 0.6 is 0 Å². The molecule has 0 aromatic rings. The summed E-state index contributed by atoms with van der Waals surface area (Å²) < 4.78 is 80.7. The van der Waals surface area contributed by atoms with Gasteiger partial charge in [-0.2, -0.15) is 0 Å². The quantitative estimate of drug-likeness (QED) is 0.0346. The van der Waals surface area contributed by atoms with Gasteiger partial charge in [-0.05, 0) is 0 Å². The van der Waals surface area contributed by atoms with Crippen molar-refractivity contribution in [1.29, 1.82) is 0 Å². The van der Waals surface area contributed by atoms with Crippen LogP contribution in [0.4, 0.5) is 0 Å². The molecule has 7 saturated heterocycles. The molecule has 43 nitrogen and oxygen atoms in total. The second-order valence-corrected chi connectivity index (χ2v) is 23.7. The summed E-state index contributed by atoms with van der Waals surface area (Å²) in [6.07, 6.45) is -77.2. The fraction of sp³-hybridized carbons (Fsp3) is 0.962. The van der Waals surface area contributed by atoms with Crippen molar-refractivity contribution in [1.82, 2.24) is 10.6 Å². The van der Waals surface area contributed by atoms with E-state index in [1.54, 1.807) is 0 Å². The molecule has 0 saturated carbocycles. The van der Waals surface area contributed by atoms with E-state index >= 15 is 0 Å². The van der Waals surface area contributed by atoms with Crippen molar-refractivity contribution in [3.63, 3.8) is 0 Å². The summed E-state index contributed by atoms with van der Waals surface area (Å²) >= 11 is 0. The Hall–Kier alpha value is -2.62. The van der Waals surface area contributed by atoms with Gasteiger partial charge in [-0.25, -0.2) is 0 Å². The lowest BCUT2D eigenvalue weighted by molar-refractivity contribution is -0.395. The first-order chi connectivity index (χ1) is 44.9. The van der Waals surface area contributed by atoms with Crippen molar-refractivity contribution in [2.75, 3.05) is 59.5 Å². The summed E-state index contributed by atoms with van der Waals surface area (Å²) in [5.74, 6) is -1.79. The third kappa shape index (κ3) is 18.0. The van der Waals surface area contributed by atoms with Crippen LogP contribution in [0.2, 0.25) is 0 Å². The first kappa shape index (κ1) is 79.7. The number of rotatable bonds is 28. The van der Waals surface area contributed by atoms with Crippen molar-refractivity contribution in [2.24, 2.45) is 0 Å². The number of nitrogens with one attached hydrogen (secondary N) is 2. The van der Waals surface area contributed by atoms with Gasteiger partial charge in [-0.3, -0.25) is 9.59 Å². The predicted octanol–water partition coefficient (Wildman–Crippen LogP) is -18.5. The molecule has 0 spiro atoms. The second-order valence-electron chi connectivity index (χ2n) is 23.7. The average Bonchev–Trinajstić information content (AvgIpc) is 0.779. The molecule has 0 radical (unpaired) electrons. The lowest BCUT2D eigenvalue weighted by Gasteiger charge is -2.50. The van der Waals surface area contributed by atoms with Crippen LogP contribution in [0.15, 0.2) is 0 Å². The van der Waals surface area contributed by atoms with Gasteiger partial charge in [-0.1, -0.05) is 0 Å². The highest BCUT2D eigenvalue weighted by molar-refractivity contribution is 5.73. The average molecular weight is 1400 g/mol. The number of carbonyl (C=O) groups excluding carboxylic acids is 2. The fourth-order valence-corrected chi connectivity index (χ4v) is 11.7. The Morgan fingerprint density at radius 3 is 1.17 bits per heavy atom. The summed E-state index contributed by atoms with van der Waals surface area (Å²) in [7, 11) is 0. The summed E-state index contributed by atoms with van der Waals surface area (Å²) in [6, 6.07) is -3.63. The van der Waals surface area contributed by atoms with Crippen molar-refractivity contribution in [3.05, 3.63) is 0 Å². The molecule has 7 fully saturated rings. The number of aliphatic hydroxyl groups is 25. The molecule has 7 aliphatic rings. The number of aliphatic hydroxyl groups excluding tert-OH is 25. The predicted molar refractivity (Wildman–Crippen MR) is 290 cm³/mol. The zero-order valence-electron chi connectivity index (χ0n) is 50.6. The molecule has 554 valence electrons. The van der Waals surface area contributed by atoms with Crippen LogP contribution < -0.4 is 10.6 Å². The third-order valence-electron chi connectivity index (χ3n) is 17.1. The Morgan fingerprint density at radius 2 is 0.726 bits per heavy atom. The smallest absolute Gasteiger partial charge is 0.217 e. The van der Waals surface area contributed by atoms with E-state index in [2.05, 4.69) is 10.6 Å². The van der Waals surface area contributed by atoms with Crippen LogP contribution in [0.5, 0.6) is 0 Å². The van der Waals surface area contributed by atoms with E-state index in [4.69, 9.17) is 66.3 Å². The maximum Gasteiger partial charge on any atom is 0.217 e. The highest BCUT2D eigenvalue weighted by atomic mass is 16.8. The maximum absolute atomic E-state index is 12.8. The highest BCUT2D eigenvalue weighted by Crippen LogP contribution is 2.38. The van der Waals surface area contributed by atoms with Gasteiger partial charge in [0.1, 0.15) is 189 Å². The molecule has 2 amide bonds. The second kappa shape index (κ2) is 35.3. The minimum absolute atomic E-state index is 0.853. The first-order valence-corrected chi connectivity index (χ1v) is 30.1.